The van der Waals surface area contributed by atoms with Crippen LogP contribution in [0.5, 0.6) is 5.75 Å². The number of benzene rings is 1. The lowest BCUT2D eigenvalue weighted by Gasteiger charge is -2.36. The van der Waals surface area contributed by atoms with Crippen molar-refractivity contribution in [3.05, 3.63) is 41.5 Å². The summed E-state index contributed by atoms with van der Waals surface area (Å²) >= 11 is 0.627. The molecule has 9 nitrogen and oxygen atoms in total. The van der Waals surface area contributed by atoms with Crippen molar-refractivity contribution in [2.45, 2.75) is 59.7 Å². The maximum Gasteiger partial charge on any atom is 0.308 e. The smallest absolute Gasteiger partial charge is 0.308 e. The van der Waals surface area contributed by atoms with Crippen LogP contribution in [0.15, 0.2) is 38.8 Å². The van der Waals surface area contributed by atoms with Crippen molar-refractivity contribution in [1.29, 1.82) is 0 Å². The van der Waals surface area contributed by atoms with E-state index in [1.807, 2.05) is 0 Å². The highest BCUT2D eigenvalue weighted by atomic mass is 32.3. The Kier molecular flexibility index (Phi) is 7.32. The van der Waals surface area contributed by atoms with E-state index in [2.05, 4.69) is 0 Å². The van der Waals surface area contributed by atoms with Gasteiger partial charge in [0.25, 0.3) is 0 Å². The minimum atomic E-state index is -4.09. The second kappa shape index (κ2) is 9.53. The van der Waals surface area contributed by atoms with Gasteiger partial charge in [-0.1, -0.05) is 18.2 Å². The summed E-state index contributed by atoms with van der Waals surface area (Å²) in [6, 6.07) is 7.62. The average Bonchev–Trinajstić information content (AvgIpc) is 3.19. The van der Waals surface area contributed by atoms with Crippen molar-refractivity contribution in [3.63, 3.8) is 0 Å². The van der Waals surface area contributed by atoms with E-state index in [9.17, 15) is 26.4 Å². The molecule has 1 aliphatic rings. The van der Waals surface area contributed by atoms with Gasteiger partial charge < -0.3 is 9.64 Å². The third-order valence-corrected chi connectivity index (χ3v) is 10.9. The number of carbonyl (C=O) groups excluding carboxylic acids is 2. The number of hydrogen-bond acceptors (Lipinski definition) is 8. The number of rotatable bonds is 7. The first-order chi connectivity index (χ1) is 15.4. The number of amides is 1. The zero-order valence-electron chi connectivity index (χ0n) is 18.5. The van der Waals surface area contributed by atoms with Gasteiger partial charge in [0.1, 0.15) is 14.2 Å². The van der Waals surface area contributed by atoms with Crippen LogP contribution in [0.25, 0.3) is 0 Å². The van der Waals surface area contributed by atoms with Crippen LogP contribution in [-0.4, -0.2) is 45.4 Å². The Morgan fingerprint density at radius 2 is 1.94 bits per heavy atom. The molecule has 33 heavy (non-hydrogen) atoms. The van der Waals surface area contributed by atoms with E-state index in [1.165, 1.54) is 13.0 Å². The maximum atomic E-state index is 13.2. The van der Waals surface area contributed by atoms with Crippen LogP contribution in [0.3, 0.4) is 0 Å². The second-order valence-corrected chi connectivity index (χ2v) is 13.2. The topological polar surface area (TPSA) is 141 Å². The molecule has 0 aliphatic carbocycles. The number of esters is 1. The van der Waals surface area contributed by atoms with Crippen molar-refractivity contribution in [2.24, 2.45) is 5.14 Å². The fourth-order valence-corrected chi connectivity index (χ4v) is 8.32. The van der Waals surface area contributed by atoms with Gasteiger partial charge in [0.15, 0.2) is 9.84 Å². The minimum Gasteiger partial charge on any atom is -0.426 e. The number of fused-ring (bicyclic) bond motifs is 1. The fraction of sp³-hybridized carbons (Fsp3) is 0.429. The largest absolute Gasteiger partial charge is 0.426 e. The molecule has 0 unspecified atom stereocenters. The molecule has 1 aromatic carbocycles. The predicted octanol–water partition coefficient (Wildman–Crippen LogP) is 2.41. The molecule has 3 rings (SSSR count). The summed E-state index contributed by atoms with van der Waals surface area (Å²) in [6.07, 6.45) is 0.573. The third-order valence-electron chi connectivity index (χ3n) is 5.56. The Labute approximate surface area is 197 Å². The summed E-state index contributed by atoms with van der Waals surface area (Å²) in [6.45, 7) is 4.94. The van der Waals surface area contributed by atoms with E-state index < -0.39 is 37.1 Å². The lowest BCUT2D eigenvalue weighted by atomic mass is 10.0. The van der Waals surface area contributed by atoms with Crippen molar-refractivity contribution in [3.8, 4) is 5.75 Å². The van der Waals surface area contributed by atoms with Crippen molar-refractivity contribution in [1.82, 2.24) is 4.90 Å². The molecule has 0 saturated carbocycles. The van der Waals surface area contributed by atoms with Crippen LogP contribution in [0, 0.1) is 0 Å². The third kappa shape index (κ3) is 5.29. The molecule has 1 amide bonds. The van der Waals surface area contributed by atoms with Crippen LogP contribution >= 0.6 is 11.3 Å². The highest BCUT2D eigenvalue weighted by Gasteiger charge is 2.42. The molecular formula is C21H26N2O7S3. The van der Waals surface area contributed by atoms with E-state index >= 15 is 0 Å². The zero-order valence-corrected chi connectivity index (χ0v) is 20.9. The molecule has 0 fully saturated rings. The molecule has 1 aromatic heterocycles. The molecule has 0 saturated heterocycles. The van der Waals surface area contributed by atoms with Crippen LogP contribution < -0.4 is 9.88 Å². The monoisotopic (exact) mass is 514 g/mol. The molecule has 2 atom stereocenters. The summed E-state index contributed by atoms with van der Waals surface area (Å²) in [4.78, 5) is 26.1. The lowest BCUT2D eigenvalue weighted by Crippen LogP contribution is -2.40. The summed E-state index contributed by atoms with van der Waals surface area (Å²) in [5.74, 6) is -0.297. The number of carbonyl (C=O) groups is 2. The normalized spacial score (nSPS) is 19.5. The molecule has 0 bridgehead atoms. The van der Waals surface area contributed by atoms with Gasteiger partial charge >= 0.3 is 5.97 Å². The first-order valence-corrected chi connectivity index (χ1v) is 14.2. The highest BCUT2D eigenvalue weighted by molar-refractivity contribution is 7.95. The first kappa shape index (κ1) is 25.3. The number of nitrogens with two attached hydrogens (primary N) is 1. The Bertz CT molecular complexity index is 1280. The SMILES string of the molecule is CCN(C(=O)CCc1ccccc1OC(C)=O)[C@H]1C[C@H](C)S(=O)(=O)c2sc(S(N)(=O)=O)cc21. The fourth-order valence-electron chi connectivity index (χ4n) is 3.93. The number of hydrogen-bond donors (Lipinski definition) is 1. The average molecular weight is 515 g/mol. The number of aryl methyl sites for hydroxylation is 1. The molecule has 1 aliphatic heterocycles. The minimum absolute atomic E-state index is 0.0540. The van der Waals surface area contributed by atoms with Crippen LogP contribution in [-0.2, 0) is 35.9 Å². The van der Waals surface area contributed by atoms with Crippen molar-refractivity contribution >= 4 is 43.1 Å². The molecule has 2 heterocycles. The molecule has 2 aromatic rings. The van der Waals surface area contributed by atoms with Gasteiger partial charge in [-0.05, 0) is 44.4 Å². The summed E-state index contributed by atoms with van der Waals surface area (Å²) in [5, 5.41) is 4.45. The molecule has 12 heteroatoms. The number of primary sulfonamides is 1. The van der Waals surface area contributed by atoms with Crippen molar-refractivity contribution < 1.29 is 31.2 Å². The van der Waals surface area contributed by atoms with E-state index in [0.717, 1.165) is 0 Å². The number of nitrogens with zero attached hydrogens (tertiary/aromatic N) is 1. The van der Waals surface area contributed by atoms with Gasteiger partial charge in [0, 0.05) is 25.5 Å². The number of para-hydroxylation sites is 1. The summed E-state index contributed by atoms with van der Waals surface area (Å²) < 4.78 is 54.3. The van der Waals surface area contributed by atoms with Gasteiger partial charge in [-0.2, -0.15) is 0 Å². The Balaban J connectivity index is 1.90. The molecular weight excluding hydrogens is 488 g/mol. The van der Waals surface area contributed by atoms with E-state index in [0.29, 0.717) is 35.6 Å². The van der Waals surface area contributed by atoms with Gasteiger partial charge in [0.2, 0.25) is 15.9 Å². The van der Waals surface area contributed by atoms with Gasteiger partial charge in [-0.3, -0.25) is 9.59 Å². The van der Waals surface area contributed by atoms with Crippen LogP contribution in [0.2, 0.25) is 0 Å². The van der Waals surface area contributed by atoms with Crippen LogP contribution in [0.1, 0.15) is 50.8 Å². The number of ether oxygens (including phenoxy) is 1. The van der Waals surface area contributed by atoms with Crippen molar-refractivity contribution in [2.75, 3.05) is 6.54 Å². The molecule has 0 spiro atoms. The second-order valence-electron chi connectivity index (χ2n) is 7.84. The zero-order chi connectivity index (χ0) is 24.6. The predicted molar refractivity (Wildman–Crippen MR) is 123 cm³/mol. The van der Waals surface area contributed by atoms with E-state index in [4.69, 9.17) is 9.88 Å². The van der Waals surface area contributed by atoms with E-state index in [-0.39, 0.29) is 32.7 Å². The Morgan fingerprint density at radius 3 is 2.55 bits per heavy atom. The summed E-state index contributed by atoms with van der Waals surface area (Å²) in [7, 11) is -7.81. The first-order valence-electron chi connectivity index (χ1n) is 10.3. The number of sulfonamides is 1. The Hall–Kier alpha value is -2.28. The highest BCUT2D eigenvalue weighted by Crippen LogP contribution is 2.45. The Morgan fingerprint density at radius 1 is 1.27 bits per heavy atom. The lowest BCUT2D eigenvalue weighted by molar-refractivity contribution is -0.133. The van der Waals surface area contributed by atoms with E-state index in [1.54, 1.807) is 43.0 Å². The van der Waals surface area contributed by atoms with Gasteiger partial charge in [-0.25, -0.2) is 22.0 Å². The van der Waals surface area contributed by atoms with Crippen LogP contribution in [0.4, 0.5) is 0 Å². The van der Waals surface area contributed by atoms with Gasteiger partial charge in [-0.15, -0.1) is 11.3 Å². The number of thiophene rings is 1. The summed E-state index contributed by atoms with van der Waals surface area (Å²) in [5.41, 5.74) is 0.988. The van der Waals surface area contributed by atoms with Gasteiger partial charge in [0.05, 0.1) is 11.3 Å². The maximum absolute atomic E-state index is 13.2. The quantitative estimate of drug-likeness (QED) is 0.442. The number of sulfone groups is 1. The molecule has 0 radical (unpaired) electrons. The molecule has 2 N–H and O–H groups in total. The molecule has 180 valence electrons. The standard InChI is InChI=1S/C21H26N2O7S3/c1-4-23(19(25)10-9-15-7-5-6-8-18(15)30-14(3)24)17-11-13(2)32(26,27)21-16(17)12-20(31-21)33(22,28)29/h5-8,12-13,17H,4,9-11H2,1-3H3,(H2,22,28,29)/t13-,17-/m0/s1.